The quantitative estimate of drug-likeness (QED) is 0.0243. The Labute approximate surface area is 373 Å². The van der Waals surface area contributed by atoms with Crippen molar-refractivity contribution in [2.75, 3.05) is 40.9 Å². The number of aliphatic hydroxyl groups excluding tert-OH is 1. The normalized spacial score (nSPS) is 14.2. The van der Waals surface area contributed by atoms with E-state index in [4.69, 9.17) is 9.05 Å². The van der Waals surface area contributed by atoms with Crippen LogP contribution >= 0.6 is 7.82 Å². The van der Waals surface area contributed by atoms with E-state index in [0.29, 0.717) is 17.4 Å². The molecule has 0 aromatic heterocycles. The van der Waals surface area contributed by atoms with Gasteiger partial charge in [-0.1, -0.05) is 244 Å². The number of amides is 1. The zero-order chi connectivity index (χ0) is 44.3. The lowest BCUT2D eigenvalue weighted by molar-refractivity contribution is -0.870. The Morgan fingerprint density at radius 2 is 0.883 bits per heavy atom. The van der Waals surface area contributed by atoms with Gasteiger partial charge >= 0.3 is 7.82 Å². The summed E-state index contributed by atoms with van der Waals surface area (Å²) in [6.07, 6.45) is 51.8. The lowest BCUT2D eigenvalue weighted by atomic mass is 10.0. The first-order valence-corrected chi connectivity index (χ1v) is 27.6. The monoisotopic (exact) mass is 872 g/mol. The second-order valence-corrected chi connectivity index (χ2v) is 20.7. The number of nitrogens with one attached hydrogen (secondary N) is 1. The van der Waals surface area contributed by atoms with Gasteiger partial charge in [0, 0.05) is 6.42 Å². The van der Waals surface area contributed by atoms with Crippen LogP contribution in [0.4, 0.5) is 0 Å². The van der Waals surface area contributed by atoms with E-state index in [9.17, 15) is 19.4 Å². The van der Waals surface area contributed by atoms with Gasteiger partial charge in [-0.05, 0) is 19.3 Å². The molecule has 0 fully saturated rings. The van der Waals surface area contributed by atoms with Crippen LogP contribution in [0.5, 0.6) is 0 Å². The van der Waals surface area contributed by atoms with Crippen molar-refractivity contribution in [2.24, 2.45) is 0 Å². The van der Waals surface area contributed by atoms with Crippen molar-refractivity contribution in [3.63, 3.8) is 0 Å². The second kappa shape index (κ2) is 43.5. The number of hydrogen-bond acceptors (Lipinski definition) is 5. The van der Waals surface area contributed by atoms with Gasteiger partial charge in [-0.25, -0.2) is 4.57 Å². The number of likely N-dealkylation sites (N-methyl/N-ethyl adjacent to an activating group) is 1. The third kappa shape index (κ3) is 45.3. The molecule has 3 unspecified atom stereocenters. The molecule has 358 valence electrons. The molecule has 0 saturated carbocycles. The fourth-order valence-electron chi connectivity index (χ4n) is 7.87. The molecule has 0 bridgehead atoms. The Bertz CT molecular complexity index is 989. The number of unbranched alkanes of at least 4 members (excludes halogenated alkanes) is 35. The number of rotatable bonds is 48. The van der Waals surface area contributed by atoms with Gasteiger partial charge in [-0.3, -0.25) is 13.8 Å². The minimum absolute atomic E-state index is 0.0644. The minimum Gasteiger partial charge on any atom is -0.387 e. The number of phosphoric ester groups is 1. The highest BCUT2D eigenvalue weighted by Gasteiger charge is 2.27. The second-order valence-electron chi connectivity index (χ2n) is 19.3. The first kappa shape index (κ1) is 59.2. The zero-order valence-electron chi connectivity index (χ0n) is 40.7. The van der Waals surface area contributed by atoms with Gasteiger partial charge in [-0.15, -0.1) is 0 Å². The summed E-state index contributed by atoms with van der Waals surface area (Å²) in [5.74, 6) is -0.174. The number of aliphatic hydroxyl groups is 1. The summed E-state index contributed by atoms with van der Waals surface area (Å²) >= 11 is 0. The van der Waals surface area contributed by atoms with Crippen LogP contribution in [0.15, 0.2) is 12.2 Å². The Morgan fingerprint density at radius 1 is 0.550 bits per heavy atom. The molecule has 8 nitrogen and oxygen atoms in total. The van der Waals surface area contributed by atoms with Crippen molar-refractivity contribution >= 4 is 13.7 Å². The third-order valence-electron chi connectivity index (χ3n) is 12.0. The van der Waals surface area contributed by atoms with Crippen molar-refractivity contribution in [1.29, 1.82) is 0 Å². The molecule has 0 aliphatic heterocycles. The average Bonchev–Trinajstić information content (AvgIpc) is 3.20. The maximum Gasteiger partial charge on any atom is 0.472 e. The van der Waals surface area contributed by atoms with Crippen LogP contribution in [0.3, 0.4) is 0 Å². The van der Waals surface area contributed by atoms with Gasteiger partial charge in [0.1, 0.15) is 13.2 Å². The molecule has 9 heteroatoms. The zero-order valence-corrected chi connectivity index (χ0v) is 41.6. The molecule has 0 radical (unpaired) electrons. The highest BCUT2D eigenvalue weighted by molar-refractivity contribution is 7.47. The fourth-order valence-corrected chi connectivity index (χ4v) is 8.60. The molecule has 60 heavy (non-hydrogen) atoms. The van der Waals surface area contributed by atoms with Gasteiger partial charge < -0.3 is 19.8 Å². The van der Waals surface area contributed by atoms with Gasteiger partial charge in [0.25, 0.3) is 0 Å². The molecule has 0 aromatic carbocycles. The van der Waals surface area contributed by atoms with Crippen LogP contribution in [0.2, 0.25) is 0 Å². The van der Waals surface area contributed by atoms with Crippen LogP contribution in [0.1, 0.15) is 258 Å². The van der Waals surface area contributed by atoms with Gasteiger partial charge in [0.15, 0.2) is 0 Å². The fraction of sp³-hybridized carbons (Fsp3) is 0.941. The van der Waals surface area contributed by atoms with Crippen molar-refractivity contribution in [3.8, 4) is 0 Å². The largest absolute Gasteiger partial charge is 0.472 e. The molecule has 0 aliphatic carbocycles. The summed E-state index contributed by atoms with van der Waals surface area (Å²) in [4.78, 5) is 23.1. The molecular weight excluding hydrogens is 768 g/mol. The molecular formula is C51H104N2O6P+. The maximum atomic E-state index is 12.9. The lowest BCUT2D eigenvalue weighted by Crippen LogP contribution is -2.45. The average molecular weight is 872 g/mol. The number of hydrogen-bond donors (Lipinski definition) is 3. The Hall–Kier alpha value is -0.760. The summed E-state index contributed by atoms with van der Waals surface area (Å²) < 4.78 is 23.5. The number of carbonyl (C=O) groups is 1. The standard InChI is InChI=1S/C51H103N2O6P/c1-6-8-10-12-14-16-17-18-19-20-21-22-23-24-25-26-27-28-29-30-31-32-33-34-35-37-39-41-43-45-51(55)52-49(48-59-60(56,57)58-47-46-53(3,4)5)50(54)44-42-40-38-36-15-13-11-9-7-2/h42,44,49-50,54H,6-41,43,45-48H2,1-5H3,(H-,52,55,56,57)/p+1/b44-42+. The third-order valence-corrected chi connectivity index (χ3v) is 13.0. The number of quaternary nitrogens is 1. The highest BCUT2D eigenvalue weighted by atomic mass is 31.2. The first-order valence-electron chi connectivity index (χ1n) is 26.1. The number of allylic oxidation sites excluding steroid dienone is 1. The molecule has 0 heterocycles. The number of nitrogens with zero attached hydrogens (tertiary/aromatic N) is 1. The Kier molecular flexibility index (Phi) is 42.9. The van der Waals surface area contributed by atoms with Gasteiger partial charge in [-0.2, -0.15) is 0 Å². The van der Waals surface area contributed by atoms with Crippen LogP contribution in [0.25, 0.3) is 0 Å². The number of phosphoric acid groups is 1. The predicted octanol–water partition coefficient (Wildman–Crippen LogP) is 15.1. The maximum absolute atomic E-state index is 12.9. The molecule has 0 rings (SSSR count). The smallest absolute Gasteiger partial charge is 0.387 e. The van der Waals surface area contributed by atoms with Gasteiger partial charge in [0.05, 0.1) is 39.9 Å². The van der Waals surface area contributed by atoms with E-state index in [0.717, 1.165) is 38.5 Å². The minimum atomic E-state index is -4.33. The summed E-state index contributed by atoms with van der Waals surface area (Å²) in [7, 11) is 1.58. The van der Waals surface area contributed by atoms with Crippen molar-refractivity contribution in [2.45, 2.75) is 270 Å². The molecule has 3 atom stereocenters. The summed E-state index contributed by atoms with van der Waals surface area (Å²) in [5, 5.41) is 13.8. The summed E-state index contributed by atoms with van der Waals surface area (Å²) in [6.45, 7) is 4.81. The Balaban J connectivity index is 3.96. The lowest BCUT2D eigenvalue weighted by Gasteiger charge is -2.25. The van der Waals surface area contributed by atoms with E-state index in [-0.39, 0.29) is 19.1 Å². The van der Waals surface area contributed by atoms with E-state index in [1.165, 1.54) is 199 Å². The van der Waals surface area contributed by atoms with E-state index in [1.807, 2.05) is 27.2 Å². The van der Waals surface area contributed by atoms with E-state index < -0.39 is 20.0 Å². The van der Waals surface area contributed by atoms with E-state index >= 15 is 0 Å². The van der Waals surface area contributed by atoms with E-state index in [2.05, 4.69) is 19.2 Å². The van der Waals surface area contributed by atoms with Crippen LogP contribution in [-0.2, 0) is 18.4 Å². The molecule has 1 amide bonds. The van der Waals surface area contributed by atoms with Crippen LogP contribution in [-0.4, -0.2) is 73.4 Å². The van der Waals surface area contributed by atoms with Crippen LogP contribution in [0, 0.1) is 0 Å². The predicted molar refractivity (Wildman–Crippen MR) is 259 cm³/mol. The van der Waals surface area contributed by atoms with Crippen molar-refractivity contribution in [3.05, 3.63) is 12.2 Å². The first-order chi connectivity index (χ1) is 29.0. The molecule has 3 N–H and O–H groups in total. The highest BCUT2D eigenvalue weighted by Crippen LogP contribution is 2.43. The van der Waals surface area contributed by atoms with Crippen molar-refractivity contribution in [1.82, 2.24) is 5.32 Å². The molecule has 0 aromatic rings. The molecule has 0 aliphatic rings. The summed E-state index contributed by atoms with van der Waals surface area (Å²) in [5.41, 5.74) is 0. The summed E-state index contributed by atoms with van der Waals surface area (Å²) in [6, 6.07) is -0.839. The Morgan fingerprint density at radius 3 is 1.23 bits per heavy atom. The topological polar surface area (TPSA) is 105 Å². The van der Waals surface area contributed by atoms with Gasteiger partial charge in [0.2, 0.25) is 5.91 Å². The SMILES string of the molecule is CCCCCCCCC/C=C/C(O)C(COP(=O)(O)OCC[N+](C)(C)C)NC(=O)CCCCCCCCCCCCCCCCCCCCCCCCCCCCCCC. The number of carbonyl (C=O) groups excluding carboxylic acids is 1. The van der Waals surface area contributed by atoms with E-state index in [1.54, 1.807) is 6.08 Å². The van der Waals surface area contributed by atoms with Crippen LogP contribution < -0.4 is 5.32 Å². The van der Waals surface area contributed by atoms with Crippen molar-refractivity contribution < 1.29 is 32.9 Å². The molecule has 0 spiro atoms. The molecule has 0 saturated heterocycles.